The minimum atomic E-state index is -0.541. The molecule has 1 rings (SSSR count). The van der Waals surface area contributed by atoms with Crippen LogP contribution in [-0.2, 0) is 0 Å². The van der Waals surface area contributed by atoms with Gasteiger partial charge in [-0.2, -0.15) is 0 Å². The SMILES string of the molecule is CC(C)CC(CO)NCC1(O)CCCCCC1. The molecule has 1 fully saturated rings. The molecule has 0 heterocycles. The van der Waals surface area contributed by atoms with Gasteiger partial charge in [-0.1, -0.05) is 39.5 Å². The summed E-state index contributed by atoms with van der Waals surface area (Å²) in [6, 6.07) is 0.127. The maximum Gasteiger partial charge on any atom is 0.0771 e. The minimum Gasteiger partial charge on any atom is -0.395 e. The van der Waals surface area contributed by atoms with E-state index in [1.165, 1.54) is 12.8 Å². The van der Waals surface area contributed by atoms with E-state index in [4.69, 9.17) is 0 Å². The van der Waals surface area contributed by atoms with Crippen molar-refractivity contribution in [3.8, 4) is 0 Å². The molecule has 1 atom stereocenters. The van der Waals surface area contributed by atoms with Gasteiger partial charge in [0, 0.05) is 12.6 Å². The summed E-state index contributed by atoms with van der Waals surface area (Å²) in [7, 11) is 0. The van der Waals surface area contributed by atoms with Crippen molar-refractivity contribution in [2.24, 2.45) is 5.92 Å². The van der Waals surface area contributed by atoms with E-state index < -0.39 is 5.60 Å². The van der Waals surface area contributed by atoms with Gasteiger partial charge >= 0.3 is 0 Å². The molecule has 3 heteroatoms. The highest BCUT2D eigenvalue weighted by Gasteiger charge is 2.28. The van der Waals surface area contributed by atoms with Crippen LogP contribution in [0, 0.1) is 5.92 Å². The van der Waals surface area contributed by atoms with Gasteiger partial charge in [-0.15, -0.1) is 0 Å². The van der Waals surface area contributed by atoms with Crippen LogP contribution in [-0.4, -0.2) is 35.0 Å². The Morgan fingerprint density at radius 3 is 2.18 bits per heavy atom. The van der Waals surface area contributed by atoms with Crippen molar-refractivity contribution >= 4 is 0 Å². The van der Waals surface area contributed by atoms with Crippen LogP contribution in [0.5, 0.6) is 0 Å². The van der Waals surface area contributed by atoms with E-state index in [2.05, 4.69) is 19.2 Å². The number of aliphatic hydroxyl groups is 2. The molecule has 3 N–H and O–H groups in total. The summed E-state index contributed by atoms with van der Waals surface area (Å²) in [5.41, 5.74) is -0.541. The van der Waals surface area contributed by atoms with Crippen molar-refractivity contribution in [3.05, 3.63) is 0 Å². The van der Waals surface area contributed by atoms with Gasteiger partial charge in [0.25, 0.3) is 0 Å². The third kappa shape index (κ3) is 5.84. The molecule has 1 saturated carbocycles. The van der Waals surface area contributed by atoms with Gasteiger partial charge in [0.1, 0.15) is 0 Å². The van der Waals surface area contributed by atoms with Crippen molar-refractivity contribution < 1.29 is 10.2 Å². The van der Waals surface area contributed by atoms with Crippen LogP contribution in [0.4, 0.5) is 0 Å². The van der Waals surface area contributed by atoms with Crippen LogP contribution in [0.2, 0.25) is 0 Å². The van der Waals surface area contributed by atoms with Gasteiger partial charge in [-0.3, -0.25) is 0 Å². The van der Waals surface area contributed by atoms with E-state index in [1.807, 2.05) is 0 Å². The average molecular weight is 243 g/mol. The van der Waals surface area contributed by atoms with Crippen LogP contribution >= 0.6 is 0 Å². The van der Waals surface area contributed by atoms with E-state index in [0.717, 1.165) is 32.1 Å². The average Bonchev–Trinajstić information content (AvgIpc) is 2.49. The second kappa shape index (κ2) is 7.34. The molecule has 1 aliphatic rings. The zero-order valence-corrected chi connectivity index (χ0v) is 11.4. The Balaban J connectivity index is 2.35. The van der Waals surface area contributed by atoms with Crippen molar-refractivity contribution in [3.63, 3.8) is 0 Å². The number of hydrogen-bond donors (Lipinski definition) is 3. The fourth-order valence-corrected chi connectivity index (χ4v) is 2.69. The van der Waals surface area contributed by atoms with Crippen LogP contribution < -0.4 is 5.32 Å². The fourth-order valence-electron chi connectivity index (χ4n) is 2.69. The van der Waals surface area contributed by atoms with Crippen molar-refractivity contribution in [2.45, 2.75) is 70.4 Å². The van der Waals surface area contributed by atoms with Crippen LogP contribution in [0.1, 0.15) is 58.8 Å². The molecule has 0 aromatic heterocycles. The van der Waals surface area contributed by atoms with E-state index >= 15 is 0 Å². The maximum absolute atomic E-state index is 10.5. The first kappa shape index (κ1) is 14.9. The smallest absolute Gasteiger partial charge is 0.0771 e. The van der Waals surface area contributed by atoms with E-state index in [0.29, 0.717) is 12.5 Å². The van der Waals surface area contributed by atoms with Gasteiger partial charge < -0.3 is 15.5 Å². The summed E-state index contributed by atoms with van der Waals surface area (Å²) in [4.78, 5) is 0. The topological polar surface area (TPSA) is 52.5 Å². The minimum absolute atomic E-state index is 0.127. The maximum atomic E-state index is 10.5. The molecule has 0 radical (unpaired) electrons. The lowest BCUT2D eigenvalue weighted by molar-refractivity contribution is 0.0199. The second-order valence-corrected chi connectivity index (χ2v) is 6.03. The molecule has 1 unspecified atom stereocenters. The quantitative estimate of drug-likeness (QED) is 0.626. The normalized spacial score (nSPS) is 22.4. The van der Waals surface area contributed by atoms with Gasteiger partial charge in [0.05, 0.1) is 12.2 Å². The Labute approximate surface area is 106 Å². The Morgan fingerprint density at radius 2 is 1.71 bits per heavy atom. The third-order valence-corrected chi connectivity index (χ3v) is 3.73. The second-order valence-electron chi connectivity index (χ2n) is 6.03. The Kier molecular flexibility index (Phi) is 6.45. The first-order valence-corrected chi connectivity index (χ1v) is 7.12. The molecule has 0 aliphatic heterocycles. The summed E-state index contributed by atoms with van der Waals surface area (Å²) < 4.78 is 0. The van der Waals surface area contributed by atoms with Crippen molar-refractivity contribution in [1.29, 1.82) is 0 Å². The third-order valence-electron chi connectivity index (χ3n) is 3.73. The zero-order chi connectivity index (χ0) is 12.7. The first-order valence-electron chi connectivity index (χ1n) is 7.12. The van der Waals surface area contributed by atoms with E-state index in [9.17, 15) is 10.2 Å². The molecule has 0 saturated heterocycles. The van der Waals surface area contributed by atoms with E-state index in [1.54, 1.807) is 0 Å². The summed E-state index contributed by atoms with van der Waals surface area (Å²) >= 11 is 0. The van der Waals surface area contributed by atoms with Crippen molar-refractivity contribution in [1.82, 2.24) is 5.32 Å². The van der Waals surface area contributed by atoms with Crippen LogP contribution in [0.25, 0.3) is 0 Å². The number of nitrogens with one attached hydrogen (secondary N) is 1. The Hall–Kier alpha value is -0.120. The largest absolute Gasteiger partial charge is 0.395 e. The molecule has 0 aromatic rings. The lowest BCUT2D eigenvalue weighted by Crippen LogP contribution is -2.45. The summed E-state index contributed by atoms with van der Waals surface area (Å²) in [5.74, 6) is 0.573. The summed E-state index contributed by atoms with van der Waals surface area (Å²) in [6.45, 7) is 5.11. The number of aliphatic hydroxyl groups excluding tert-OH is 1. The van der Waals surface area contributed by atoms with Gasteiger partial charge in [-0.05, 0) is 25.2 Å². The van der Waals surface area contributed by atoms with E-state index in [-0.39, 0.29) is 12.6 Å². The fraction of sp³-hybridized carbons (Fsp3) is 1.00. The first-order chi connectivity index (χ1) is 8.06. The predicted molar refractivity (Wildman–Crippen MR) is 71.0 cm³/mol. The Bertz CT molecular complexity index is 198. The molecule has 1 aliphatic carbocycles. The van der Waals surface area contributed by atoms with Gasteiger partial charge in [0.15, 0.2) is 0 Å². The molecule has 0 aromatic carbocycles. The number of hydrogen-bond acceptors (Lipinski definition) is 3. The monoisotopic (exact) mass is 243 g/mol. The lowest BCUT2D eigenvalue weighted by Gasteiger charge is -2.29. The van der Waals surface area contributed by atoms with Crippen LogP contribution in [0.3, 0.4) is 0 Å². The molecule has 3 nitrogen and oxygen atoms in total. The lowest BCUT2D eigenvalue weighted by atomic mass is 9.93. The highest BCUT2D eigenvalue weighted by Crippen LogP contribution is 2.26. The number of rotatable bonds is 6. The summed E-state index contributed by atoms with van der Waals surface area (Å²) in [5, 5.41) is 23.1. The molecule has 0 spiro atoms. The standard InChI is InChI=1S/C14H29NO2/c1-12(2)9-13(10-16)15-11-14(17)7-5-3-4-6-8-14/h12-13,15-17H,3-11H2,1-2H3. The zero-order valence-electron chi connectivity index (χ0n) is 11.4. The van der Waals surface area contributed by atoms with Gasteiger partial charge in [0.2, 0.25) is 0 Å². The summed E-state index contributed by atoms with van der Waals surface area (Å²) in [6.07, 6.45) is 7.53. The van der Waals surface area contributed by atoms with Gasteiger partial charge in [-0.25, -0.2) is 0 Å². The molecule has 17 heavy (non-hydrogen) atoms. The molecule has 0 amide bonds. The molecule has 102 valence electrons. The van der Waals surface area contributed by atoms with Crippen LogP contribution in [0.15, 0.2) is 0 Å². The van der Waals surface area contributed by atoms with Crippen molar-refractivity contribution in [2.75, 3.05) is 13.2 Å². The predicted octanol–water partition coefficient (Wildman–Crippen LogP) is 2.07. The highest BCUT2D eigenvalue weighted by atomic mass is 16.3. The highest BCUT2D eigenvalue weighted by molar-refractivity contribution is 4.84. The molecular formula is C14H29NO2. The Morgan fingerprint density at radius 1 is 1.12 bits per heavy atom. The molecule has 0 bridgehead atoms. The molecular weight excluding hydrogens is 214 g/mol.